The molecule has 0 aliphatic rings. The van der Waals surface area contributed by atoms with Crippen molar-refractivity contribution in [1.82, 2.24) is 10.3 Å². The van der Waals surface area contributed by atoms with Gasteiger partial charge in [0.1, 0.15) is 5.82 Å². The quantitative estimate of drug-likeness (QED) is 0.747. The average Bonchev–Trinajstić information content (AvgIpc) is 2.67. The van der Waals surface area contributed by atoms with Gasteiger partial charge in [0.05, 0.1) is 17.2 Å². The molecule has 6 heteroatoms. The molecule has 2 aromatic carbocycles. The van der Waals surface area contributed by atoms with E-state index in [2.05, 4.69) is 10.3 Å². The van der Waals surface area contributed by atoms with Crippen LogP contribution in [0.5, 0.6) is 0 Å². The molecule has 26 heavy (non-hydrogen) atoms. The van der Waals surface area contributed by atoms with Gasteiger partial charge in [-0.15, -0.1) is 0 Å². The summed E-state index contributed by atoms with van der Waals surface area (Å²) in [6.07, 6.45) is 3.07. The summed E-state index contributed by atoms with van der Waals surface area (Å²) < 4.78 is 13.0. The molecule has 1 aromatic heterocycles. The molecule has 0 bridgehead atoms. The van der Waals surface area contributed by atoms with E-state index in [1.54, 1.807) is 42.6 Å². The van der Waals surface area contributed by atoms with Crippen LogP contribution in [0.1, 0.15) is 21.5 Å². The zero-order chi connectivity index (χ0) is 18.5. The highest BCUT2D eigenvalue weighted by molar-refractivity contribution is 6.31. The standard InChI is InChI=1S/C20H13ClFN3O/c21-19-7-13(9-23)1-2-15(19)12-25-20(26)17-8-16(10-24-11-17)14-3-5-18(22)6-4-14/h1-8,10-11H,12H2,(H,25,26). The summed E-state index contributed by atoms with van der Waals surface area (Å²) in [6, 6.07) is 14.6. The molecular formula is C20H13ClFN3O. The molecule has 0 aliphatic heterocycles. The smallest absolute Gasteiger partial charge is 0.253 e. The van der Waals surface area contributed by atoms with Crippen molar-refractivity contribution in [2.75, 3.05) is 0 Å². The molecule has 0 saturated carbocycles. The monoisotopic (exact) mass is 365 g/mol. The van der Waals surface area contributed by atoms with Gasteiger partial charge in [0.25, 0.3) is 5.91 Å². The van der Waals surface area contributed by atoms with Crippen LogP contribution in [0, 0.1) is 17.1 Å². The summed E-state index contributed by atoms with van der Waals surface area (Å²) in [5.74, 6) is -0.628. The number of nitrogens with zero attached hydrogens (tertiary/aromatic N) is 2. The number of halogens is 2. The molecule has 0 saturated heterocycles. The molecule has 0 aliphatic carbocycles. The lowest BCUT2D eigenvalue weighted by molar-refractivity contribution is 0.0950. The van der Waals surface area contributed by atoms with Gasteiger partial charge in [0, 0.05) is 29.5 Å². The lowest BCUT2D eigenvalue weighted by atomic mass is 10.1. The summed E-state index contributed by atoms with van der Waals surface area (Å²) in [4.78, 5) is 16.5. The Labute approximate surface area is 154 Å². The number of hydrogen-bond donors (Lipinski definition) is 1. The summed E-state index contributed by atoms with van der Waals surface area (Å²) in [6.45, 7) is 0.226. The first-order valence-electron chi connectivity index (χ1n) is 7.74. The molecule has 128 valence electrons. The molecule has 3 aromatic rings. The number of nitriles is 1. The normalized spacial score (nSPS) is 10.2. The van der Waals surface area contributed by atoms with Crippen molar-refractivity contribution in [3.05, 3.63) is 88.5 Å². The van der Waals surface area contributed by atoms with Gasteiger partial charge in [-0.05, 0) is 41.5 Å². The lowest BCUT2D eigenvalue weighted by Crippen LogP contribution is -2.23. The third-order valence-electron chi connectivity index (χ3n) is 3.80. The number of aromatic nitrogens is 1. The minimum Gasteiger partial charge on any atom is -0.348 e. The van der Waals surface area contributed by atoms with E-state index in [-0.39, 0.29) is 18.3 Å². The van der Waals surface area contributed by atoms with E-state index in [0.29, 0.717) is 27.3 Å². The van der Waals surface area contributed by atoms with E-state index in [9.17, 15) is 9.18 Å². The van der Waals surface area contributed by atoms with Crippen LogP contribution in [0.25, 0.3) is 11.1 Å². The van der Waals surface area contributed by atoms with Crippen LogP contribution in [0.2, 0.25) is 5.02 Å². The number of rotatable bonds is 4. The fraction of sp³-hybridized carbons (Fsp3) is 0.0500. The predicted molar refractivity (Wildman–Crippen MR) is 97.0 cm³/mol. The molecule has 1 N–H and O–H groups in total. The zero-order valence-electron chi connectivity index (χ0n) is 13.5. The van der Waals surface area contributed by atoms with Crippen LogP contribution in [0.15, 0.2) is 60.9 Å². The van der Waals surface area contributed by atoms with Gasteiger partial charge < -0.3 is 5.32 Å². The van der Waals surface area contributed by atoms with E-state index in [4.69, 9.17) is 16.9 Å². The van der Waals surface area contributed by atoms with Gasteiger partial charge in [-0.25, -0.2) is 4.39 Å². The second-order valence-corrected chi connectivity index (χ2v) is 5.98. The van der Waals surface area contributed by atoms with E-state index in [0.717, 1.165) is 5.56 Å². The Hall–Kier alpha value is -3.23. The van der Waals surface area contributed by atoms with Crippen LogP contribution in [0.4, 0.5) is 4.39 Å². The molecule has 0 atom stereocenters. The van der Waals surface area contributed by atoms with E-state index < -0.39 is 0 Å². The van der Waals surface area contributed by atoms with Crippen LogP contribution >= 0.6 is 11.6 Å². The van der Waals surface area contributed by atoms with Crippen LogP contribution < -0.4 is 5.32 Å². The largest absolute Gasteiger partial charge is 0.348 e. The number of amides is 1. The summed E-state index contributed by atoms with van der Waals surface area (Å²) in [5, 5.41) is 12.0. The molecular weight excluding hydrogens is 353 g/mol. The summed E-state index contributed by atoms with van der Waals surface area (Å²) in [7, 11) is 0. The third-order valence-corrected chi connectivity index (χ3v) is 4.15. The van der Waals surface area contributed by atoms with E-state index in [1.165, 1.54) is 18.3 Å². The SMILES string of the molecule is N#Cc1ccc(CNC(=O)c2cncc(-c3ccc(F)cc3)c2)c(Cl)c1. The van der Waals surface area contributed by atoms with Crippen molar-refractivity contribution in [3.63, 3.8) is 0 Å². The highest BCUT2D eigenvalue weighted by Gasteiger charge is 2.09. The van der Waals surface area contributed by atoms with Gasteiger partial charge in [-0.2, -0.15) is 5.26 Å². The first-order chi connectivity index (χ1) is 12.6. The Morgan fingerprint density at radius 1 is 1.12 bits per heavy atom. The van der Waals surface area contributed by atoms with Crippen molar-refractivity contribution >= 4 is 17.5 Å². The average molecular weight is 366 g/mol. The fourth-order valence-electron chi connectivity index (χ4n) is 2.40. The number of benzene rings is 2. The number of carbonyl (C=O) groups excluding carboxylic acids is 1. The molecule has 0 radical (unpaired) electrons. The maximum absolute atomic E-state index is 13.0. The second kappa shape index (κ2) is 7.77. The van der Waals surface area contributed by atoms with Gasteiger partial charge in [-0.3, -0.25) is 9.78 Å². The fourth-order valence-corrected chi connectivity index (χ4v) is 2.65. The lowest BCUT2D eigenvalue weighted by Gasteiger charge is -2.08. The van der Waals surface area contributed by atoms with Gasteiger partial charge in [-0.1, -0.05) is 29.8 Å². The summed E-state index contributed by atoms with van der Waals surface area (Å²) >= 11 is 6.11. The number of carbonyl (C=O) groups is 1. The molecule has 0 spiro atoms. The number of nitrogens with one attached hydrogen (secondary N) is 1. The van der Waals surface area contributed by atoms with Crippen molar-refractivity contribution in [3.8, 4) is 17.2 Å². The van der Waals surface area contributed by atoms with Crippen LogP contribution in [0.3, 0.4) is 0 Å². The minimum atomic E-state index is -0.324. The van der Waals surface area contributed by atoms with Gasteiger partial charge in [0.15, 0.2) is 0 Å². The van der Waals surface area contributed by atoms with E-state index >= 15 is 0 Å². The molecule has 4 nitrogen and oxygen atoms in total. The van der Waals surface area contributed by atoms with Crippen molar-refractivity contribution in [2.45, 2.75) is 6.54 Å². The summed E-state index contributed by atoms with van der Waals surface area (Å²) in [5.41, 5.74) is 3.04. The van der Waals surface area contributed by atoms with Crippen molar-refractivity contribution < 1.29 is 9.18 Å². The Balaban J connectivity index is 1.73. The molecule has 1 heterocycles. The third kappa shape index (κ3) is 4.05. The first-order valence-corrected chi connectivity index (χ1v) is 8.12. The topological polar surface area (TPSA) is 65.8 Å². The first kappa shape index (κ1) is 17.6. The van der Waals surface area contributed by atoms with Crippen molar-refractivity contribution in [1.29, 1.82) is 5.26 Å². The predicted octanol–water partition coefficient (Wildman–Crippen LogP) is 4.34. The highest BCUT2D eigenvalue weighted by atomic mass is 35.5. The van der Waals surface area contributed by atoms with Gasteiger partial charge >= 0.3 is 0 Å². The Kier molecular flexibility index (Phi) is 5.26. The Morgan fingerprint density at radius 2 is 1.88 bits per heavy atom. The molecule has 3 rings (SSSR count). The van der Waals surface area contributed by atoms with Crippen LogP contribution in [-0.2, 0) is 6.54 Å². The zero-order valence-corrected chi connectivity index (χ0v) is 14.3. The Bertz CT molecular complexity index is 997. The highest BCUT2D eigenvalue weighted by Crippen LogP contribution is 2.20. The second-order valence-electron chi connectivity index (χ2n) is 5.57. The molecule has 0 fully saturated rings. The maximum atomic E-state index is 13.0. The number of hydrogen-bond acceptors (Lipinski definition) is 3. The van der Waals surface area contributed by atoms with Crippen molar-refractivity contribution in [2.24, 2.45) is 0 Å². The maximum Gasteiger partial charge on any atom is 0.253 e. The van der Waals surface area contributed by atoms with Gasteiger partial charge in [0.2, 0.25) is 0 Å². The minimum absolute atomic E-state index is 0.226. The van der Waals surface area contributed by atoms with Crippen LogP contribution in [-0.4, -0.2) is 10.9 Å². The Morgan fingerprint density at radius 3 is 2.58 bits per heavy atom. The molecule has 0 unspecified atom stereocenters. The molecule has 1 amide bonds. The van der Waals surface area contributed by atoms with E-state index in [1.807, 2.05) is 6.07 Å². The number of pyridine rings is 1.